The summed E-state index contributed by atoms with van der Waals surface area (Å²) in [5.74, 6) is 0. The van der Waals surface area contributed by atoms with Gasteiger partial charge >= 0.3 is 0 Å². The van der Waals surface area contributed by atoms with Crippen molar-refractivity contribution in [3.63, 3.8) is 0 Å². The van der Waals surface area contributed by atoms with Gasteiger partial charge in [0.15, 0.2) is 69.2 Å². The summed E-state index contributed by atoms with van der Waals surface area (Å²) < 4.78 is 127. The second kappa shape index (κ2) is 41.9. The lowest BCUT2D eigenvalue weighted by molar-refractivity contribution is -0.400. The summed E-state index contributed by atoms with van der Waals surface area (Å²) in [7, 11) is 0. The molecule has 0 saturated carbocycles. The first-order valence-electron chi connectivity index (χ1n) is 38.7. The van der Waals surface area contributed by atoms with Crippen LogP contribution in [0.1, 0.15) is 0 Å². The van der Waals surface area contributed by atoms with Crippen molar-refractivity contribution in [1.82, 2.24) is 0 Å². The standard InChI is InChI=1S/C66H110O55/c67-1-12-23(76)25(78)36(89)58(102-12)113-47-14(3-69)104-56(38(91)27(47)80)100-10-21-54-35(88)46(99)66(112-21)119-53-20(9-75)108-62(42(95)31(53)84)117-51-18(7-73)110-64(44(97)33(51)86)121-55-22(11-101-57-39(92)28(81)48(15(4-70)105-57)114-59-37(90)26(79)24(77)13(2-68)103-59)111-65(45(98)34(55)87)118-52-19(8-74)107-61(41(94)30(52)83)115-49-16(5-71)106-60(40(93)29(49)82)116-50-17(6-72)109-63(120-54)43(96)32(50)85/h12-99H,1-11H2/t12-,13-,14-,15-,16-,17-,18-,19-,20-,21-,22-,23-,24-,25+,26+,27-,28-,29-,30-,31-,32-,33-,34-,35-,36-,37-,38-,39-,40-,41-,42-,43-,44-,45-,46-,47-,48-,49-,50-,51-,52-,53-,54-,55-,56+,57+,58-,59-,60-,61-,62-,63-,64-,65-,66-/m1/s1. The highest BCUT2D eigenvalue weighted by Crippen LogP contribution is 2.42. The number of aliphatic hydroxyl groups is 33. The monoisotopic (exact) mass is 1780 g/mol. The summed E-state index contributed by atoms with van der Waals surface area (Å²) in [6, 6.07) is 0. The Hall–Kier alpha value is -2.20. The highest BCUT2D eigenvalue weighted by Gasteiger charge is 2.62. The Balaban J connectivity index is 0.829. The predicted octanol–water partition coefficient (Wildman–Crippen LogP) is -23.9. The van der Waals surface area contributed by atoms with Gasteiger partial charge in [0.2, 0.25) is 0 Å². The van der Waals surface area contributed by atoms with Gasteiger partial charge in [-0.1, -0.05) is 0 Å². The third-order valence-corrected chi connectivity index (χ3v) is 23.2. The van der Waals surface area contributed by atoms with Gasteiger partial charge in [-0.25, -0.2) is 0 Å². The van der Waals surface area contributed by atoms with E-state index in [0.717, 1.165) is 0 Å². The zero-order chi connectivity index (χ0) is 88.1. The smallest absolute Gasteiger partial charge is 0.187 e. The van der Waals surface area contributed by atoms with E-state index >= 15 is 0 Å². The van der Waals surface area contributed by atoms with Crippen LogP contribution in [0.4, 0.5) is 0 Å². The molecular formula is C66H110O55. The van der Waals surface area contributed by atoms with E-state index in [4.69, 9.17) is 104 Å². The molecule has 704 valence electrons. The molecule has 33 N–H and O–H groups in total. The molecule has 25 fully saturated rings. The van der Waals surface area contributed by atoms with E-state index < -0.39 is 410 Å². The zero-order valence-electron chi connectivity index (χ0n) is 63.3. The van der Waals surface area contributed by atoms with E-state index in [9.17, 15) is 169 Å². The Morgan fingerprint density at radius 1 is 0.149 bits per heavy atom. The quantitative estimate of drug-likeness (QED) is 0.0571. The van der Waals surface area contributed by atoms with E-state index in [0.29, 0.717) is 0 Å². The Morgan fingerprint density at radius 3 is 0.537 bits per heavy atom. The first-order valence-corrected chi connectivity index (χ1v) is 38.7. The highest BCUT2D eigenvalue weighted by atomic mass is 16.8. The SMILES string of the molecule is OC[C@H]1O[C@H](O[C@H]2[C@H](O)[C@@H](O)[C@@H](OC[C@H]3O[C@@H]4O[C@H]5[C@H](O)[C@@H](O)[C@@H](O[C@H]6[C@H](O)[C@@H](O)[C@@H](O[C@H]7[C@H](O)[C@@H](O)[C@@H](O[C@H]8[C@H](O)[C@@H](O)[C@@H](O[C@H]9[C@H](O)[C@@H](O)[C@@H](O[C@H]%10[C@H](O)[C@@H](O)[C@@H](O[C@H]3[C@H](O)[C@H]4O)O[C@@H]%10CO)O[C@@H]9CO)O[C@@H]8CO)O[C@@H]7CO[C@H]3O[C@H](CO)[C@@H](O[C@H]4O[C@H](CO)[C@@H](O)[C@H](O)[C@H]4O)[C@H](O)[C@H]3O)O[C@@H]6CO)O[C@@H]5CO)O[C@@H]2CO)[C@H](O)[C@@H](O)[C@@H]1O. The van der Waals surface area contributed by atoms with E-state index in [1.165, 1.54) is 0 Å². The number of aliphatic hydroxyl groups excluding tert-OH is 33. The fourth-order valence-corrected chi connectivity index (χ4v) is 16.2. The van der Waals surface area contributed by atoms with Gasteiger partial charge in [0.25, 0.3) is 0 Å². The lowest BCUT2D eigenvalue weighted by Crippen LogP contribution is -2.68. The van der Waals surface area contributed by atoms with Crippen molar-refractivity contribution in [1.29, 1.82) is 0 Å². The van der Waals surface area contributed by atoms with Crippen molar-refractivity contribution >= 4 is 0 Å². The second-order valence-electron chi connectivity index (χ2n) is 31.0. The van der Waals surface area contributed by atoms with Crippen LogP contribution >= 0.6 is 0 Å². The van der Waals surface area contributed by atoms with Gasteiger partial charge in [-0.3, -0.25) is 0 Å². The Morgan fingerprint density at radius 2 is 0.331 bits per heavy atom. The van der Waals surface area contributed by atoms with Gasteiger partial charge in [-0.2, -0.15) is 0 Å². The molecule has 0 spiro atoms. The number of hydrogen-bond donors (Lipinski definition) is 33. The summed E-state index contributed by atoms with van der Waals surface area (Å²) in [5, 5.41) is 369. The lowest BCUT2D eigenvalue weighted by atomic mass is 9.95. The van der Waals surface area contributed by atoms with Crippen LogP contribution in [0.3, 0.4) is 0 Å². The van der Waals surface area contributed by atoms with Crippen molar-refractivity contribution in [2.24, 2.45) is 0 Å². The maximum atomic E-state index is 12.1. The van der Waals surface area contributed by atoms with E-state index in [1.807, 2.05) is 0 Å². The molecule has 25 rings (SSSR count). The number of ether oxygens (including phenoxy) is 22. The van der Waals surface area contributed by atoms with Crippen LogP contribution in [-0.4, -0.2) is 579 Å². The normalized spacial score (nSPS) is 55.0. The van der Waals surface area contributed by atoms with Crippen LogP contribution in [0.2, 0.25) is 0 Å². The summed E-state index contributed by atoms with van der Waals surface area (Å²) in [4.78, 5) is 0. The Bertz CT molecular complexity index is 3050. The van der Waals surface area contributed by atoms with E-state index in [2.05, 4.69) is 0 Å². The topological polar surface area (TPSA) is 871 Å². The molecule has 0 aromatic rings. The molecule has 14 bridgehead atoms. The molecule has 25 aliphatic rings. The molecule has 0 amide bonds. The summed E-state index contributed by atoms with van der Waals surface area (Å²) in [6.45, 7) is -12.5. The van der Waals surface area contributed by atoms with Gasteiger partial charge in [-0.15, -0.1) is 0 Å². The van der Waals surface area contributed by atoms with E-state index in [-0.39, 0.29) is 0 Å². The van der Waals surface area contributed by atoms with Crippen LogP contribution in [0.15, 0.2) is 0 Å². The van der Waals surface area contributed by atoms with Crippen molar-refractivity contribution in [2.75, 3.05) is 72.7 Å². The van der Waals surface area contributed by atoms with Crippen LogP contribution < -0.4 is 0 Å². The molecule has 0 aliphatic carbocycles. The first kappa shape index (κ1) is 97.8. The minimum Gasteiger partial charge on any atom is -0.394 e. The Kier molecular flexibility index (Phi) is 33.9. The van der Waals surface area contributed by atoms with Crippen molar-refractivity contribution in [3.8, 4) is 0 Å². The molecule has 0 aromatic heterocycles. The van der Waals surface area contributed by atoms with E-state index in [1.54, 1.807) is 0 Å². The summed E-state index contributed by atoms with van der Waals surface area (Å²) in [5.41, 5.74) is 0. The Labute approximate surface area is 681 Å². The molecule has 121 heavy (non-hydrogen) atoms. The van der Waals surface area contributed by atoms with Crippen LogP contribution in [0.5, 0.6) is 0 Å². The molecule has 25 saturated heterocycles. The molecule has 55 atom stereocenters. The first-order chi connectivity index (χ1) is 57.5. The molecule has 0 aromatic carbocycles. The third kappa shape index (κ3) is 19.9. The van der Waals surface area contributed by atoms with Crippen molar-refractivity contribution in [2.45, 2.75) is 338 Å². The van der Waals surface area contributed by atoms with Crippen molar-refractivity contribution < 1.29 is 273 Å². The minimum absolute atomic E-state index is 0.932. The zero-order valence-corrected chi connectivity index (χ0v) is 63.3. The van der Waals surface area contributed by atoms with Crippen molar-refractivity contribution in [3.05, 3.63) is 0 Å². The average molecular weight is 1780 g/mol. The largest absolute Gasteiger partial charge is 0.394 e. The predicted molar refractivity (Wildman–Crippen MR) is 359 cm³/mol. The minimum atomic E-state index is -2.49. The number of hydrogen-bond acceptors (Lipinski definition) is 55. The average Bonchev–Trinajstić information content (AvgIpc) is 0.828. The highest BCUT2D eigenvalue weighted by molar-refractivity contribution is 5.04. The molecule has 0 radical (unpaired) electrons. The molecular weight excluding hydrogens is 1670 g/mol. The number of rotatable bonds is 19. The molecule has 55 heteroatoms. The van der Waals surface area contributed by atoms with Crippen LogP contribution in [0, 0.1) is 0 Å². The lowest BCUT2D eigenvalue weighted by Gasteiger charge is -2.50. The molecule has 55 nitrogen and oxygen atoms in total. The molecule has 25 aliphatic heterocycles. The van der Waals surface area contributed by atoms with Gasteiger partial charge in [0.1, 0.15) is 269 Å². The summed E-state index contributed by atoms with van der Waals surface area (Å²) >= 11 is 0. The summed E-state index contributed by atoms with van der Waals surface area (Å²) in [6.07, 6.45) is -119. The fraction of sp³-hybridized carbons (Fsp3) is 1.00. The third-order valence-electron chi connectivity index (χ3n) is 23.2. The maximum Gasteiger partial charge on any atom is 0.187 e. The van der Waals surface area contributed by atoms with Gasteiger partial charge in [-0.05, 0) is 0 Å². The van der Waals surface area contributed by atoms with Gasteiger partial charge in [0.05, 0.1) is 72.7 Å². The maximum absolute atomic E-state index is 12.1. The van der Waals surface area contributed by atoms with Gasteiger partial charge < -0.3 is 273 Å². The van der Waals surface area contributed by atoms with Gasteiger partial charge in [0, 0.05) is 0 Å². The van der Waals surface area contributed by atoms with Crippen LogP contribution in [-0.2, 0) is 104 Å². The molecule has 0 unspecified atom stereocenters. The molecule has 25 heterocycles. The van der Waals surface area contributed by atoms with Crippen LogP contribution in [0.25, 0.3) is 0 Å². The second-order valence-corrected chi connectivity index (χ2v) is 31.0. The fourth-order valence-electron chi connectivity index (χ4n) is 16.2.